The smallest absolute Gasteiger partial charge is 0.297 e. The van der Waals surface area contributed by atoms with Crippen molar-refractivity contribution >= 4 is 11.6 Å². The van der Waals surface area contributed by atoms with Gasteiger partial charge >= 0.3 is 5.69 Å². The van der Waals surface area contributed by atoms with Gasteiger partial charge in [0.05, 0.1) is 0 Å². The Hall–Kier alpha value is -1.03. The van der Waals surface area contributed by atoms with Crippen LogP contribution in [0.1, 0.15) is 37.8 Å². The Balaban J connectivity index is 2.53. The van der Waals surface area contributed by atoms with Gasteiger partial charge in [-0.3, -0.25) is 14.3 Å². The van der Waals surface area contributed by atoms with Crippen molar-refractivity contribution in [1.82, 2.24) is 9.55 Å². The summed E-state index contributed by atoms with van der Waals surface area (Å²) in [5.41, 5.74) is -0.228. The van der Waals surface area contributed by atoms with Crippen LogP contribution in [0.15, 0.2) is 9.59 Å². The number of aromatic amines is 1. The summed E-state index contributed by atoms with van der Waals surface area (Å²) >= 11 is 5.76. The van der Waals surface area contributed by atoms with E-state index in [1.165, 1.54) is 4.57 Å². The van der Waals surface area contributed by atoms with E-state index in [4.69, 9.17) is 11.6 Å². The van der Waals surface area contributed by atoms with Gasteiger partial charge in [-0.05, 0) is 32.1 Å². The Morgan fingerprint density at radius 1 is 1.38 bits per heavy atom. The van der Waals surface area contributed by atoms with Gasteiger partial charge in [0.25, 0.3) is 5.56 Å². The Morgan fingerprint density at radius 3 is 2.62 bits per heavy atom. The van der Waals surface area contributed by atoms with Crippen LogP contribution in [0.25, 0.3) is 0 Å². The van der Waals surface area contributed by atoms with Crippen LogP contribution in [-0.2, 0) is 0 Å². The molecule has 4 nitrogen and oxygen atoms in total. The second kappa shape index (κ2) is 4.09. The number of H-pyrrole nitrogens is 1. The molecule has 1 N–H and O–H groups in total. The van der Waals surface area contributed by atoms with Gasteiger partial charge in [0.2, 0.25) is 0 Å². The standard InChI is InChI=1S/C11H15ClN2O2/c1-6-3-4-8(5-6)14-10(15)7(2)9(12)13-11(14)16/h6,8H,3-5H2,1-2H3,(H,13,16). The summed E-state index contributed by atoms with van der Waals surface area (Å²) < 4.78 is 1.32. The van der Waals surface area contributed by atoms with Crippen molar-refractivity contribution in [2.75, 3.05) is 0 Å². The zero-order valence-electron chi connectivity index (χ0n) is 9.42. The number of hydrogen-bond acceptors (Lipinski definition) is 2. The lowest BCUT2D eigenvalue weighted by atomic mass is 10.1. The number of hydrogen-bond donors (Lipinski definition) is 1. The summed E-state index contributed by atoms with van der Waals surface area (Å²) in [6, 6.07) is 0.0298. The fraction of sp³-hybridized carbons (Fsp3) is 0.636. The van der Waals surface area contributed by atoms with Gasteiger partial charge in [-0.2, -0.15) is 0 Å². The van der Waals surface area contributed by atoms with Crippen molar-refractivity contribution in [1.29, 1.82) is 0 Å². The summed E-state index contributed by atoms with van der Waals surface area (Å²) in [4.78, 5) is 26.2. The Kier molecular flexibility index (Phi) is 2.93. The number of halogens is 1. The average Bonchev–Trinajstić information content (AvgIpc) is 2.61. The number of nitrogens with zero attached hydrogens (tertiary/aromatic N) is 1. The lowest BCUT2D eigenvalue weighted by Crippen LogP contribution is -2.38. The van der Waals surface area contributed by atoms with Crippen molar-refractivity contribution in [3.8, 4) is 0 Å². The van der Waals surface area contributed by atoms with Crippen LogP contribution in [0.4, 0.5) is 0 Å². The second-order valence-electron chi connectivity index (χ2n) is 4.62. The highest BCUT2D eigenvalue weighted by atomic mass is 35.5. The zero-order chi connectivity index (χ0) is 11.9. The van der Waals surface area contributed by atoms with E-state index in [9.17, 15) is 9.59 Å². The zero-order valence-corrected chi connectivity index (χ0v) is 10.2. The highest BCUT2D eigenvalue weighted by Crippen LogP contribution is 2.32. The van der Waals surface area contributed by atoms with Crippen LogP contribution in [-0.4, -0.2) is 9.55 Å². The van der Waals surface area contributed by atoms with Crippen molar-refractivity contribution in [3.63, 3.8) is 0 Å². The predicted octanol–water partition coefficient (Wildman–Crippen LogP) is 1.86. The topological polar surface area (TPSA) is 54.9 Å². The van der Waals surface area contributed by atoms with Crippen LogP contribution in [0.5, 0.6) is 0 Å². The molecule has 2 atom stereocenters. The molecule has 5 heteroatoms. The van der Waals surface area contributed by atoms with E-state index in [0.29, 0.717) is 11.5 Å². The largest absolute Gasteiger partial charge is 0.329 e. The van der Waals surface area contributed by atoms with Crippen LogP contribution >= 0.6 is 11.6 Å². The lowest BCUT2D eigenvalue weighted by Gasteiger charge is -2.13. The third-order valence-electron chi connectivity index (χ3n) is 3.34. The van der Waals surface area contributed by atoms with Crippen LogP contribution in [0.3, 0.4) is 0 Å². The molecule has 1 fully saturated rings. The summed E-state index contributed by atoms with van der Waals surface area (Å²) in [6.45, 7) is 3.78. The molecule has 88 valence electrons. The molecule has 0 saturated heterocycles. The van der Waals surface area contributed by atoms with E-state index in [2.05, 4.69) is 11.9 Å². The molecule has 0 radical (unpaired) electrons. The van der Waals surface area contributed by atoms with E-state index in [1.54, 1.807) is 6.92 Å². The molecule has 1 saturated carbocycles. The van der Waals surface area contributed by atoms with Crippen molar-refractivity contribution in [3.05, 3.63) is 31.6 Å². The summed E-state index contributed by atoms with van der Waals surface area (Å²) in [6.07, 6.45) is 2.85. The molecule has 1 heterocycles. The van der Waals surface area contributed by atoms with Crippen molar-refractivity contribution < 1.29 is 0 Å². The van der Waals surface area contributed by atoms with Crippen molar-refractivity contribution in [2.24, 2.45) is 5.92 Å². The van der Waals surface area contributed by atoms with Crippen LogP contribution < -0.4 is 11.2 Å². The summed E-state index contributed by atoms with van der Waals surface area (Å²) in [7, 11) is 0. The Bertz CT molecular complexity index is 518. The highest BCUT2D eigenvalue weighted by Gasteiger charge is 2.26. The molecule has 0 aromatic carbocycles. The maximum atomic E-state index is 12.0. The first-order valence-corrected chi connectivity index (χ1v) is 5.89. The van der Waals surface area contributed by atoms with E-state index in [1.807, 2.05) is 0 Å². The van der Waals surface area contributed by atoms with Crippen LogP contribution in [0, 0.1) is 12.8 Å². The minimum atomic E-state index is -0.389. The molecular weight excluding hydrogens is 228 g/mol. The molecule has 2 unspecified atom stereocenters. The number of aromatic nitrogens is 2. The number of rotatable bonds is 1. The quantitative estimate of drug-likeness (QED) is 0.765. The van der Waals surface area contributed by atoms with Crippen LogP contribution in [0.2, 0.25) is 5.15 Å². The van der Waals surface area contributed by atoms with E-state index in [0.717, 1.165) is 19.3 Å². The third-order valence-corrected chi connectivity index (χ3v) is 3.71. The normalized spacial score (nSPS) is 24.9. The first-order valence-electron chi connectivity index (χ1n) is 5.51. The lowest BCUT2D eigenvalue weighted by molar-refractivity contribution is 0.459. The molecule has 16 heavy (non-hydrogen) atoms. The van der Waals surface area contributed by atoms with Gasteiger partial charge in [-0.15, -0.1) is 0 Å². The van der Waals surface area contributed by atoms with Gasteiger partial charge in [0, 0.05) is 11.6 Å². The van der Waals surface area contributed by atoms with E-state index >= 15 is 0 Å². The summed E-state index contributed by atoms with van der Waals surface area (Å²) in [5, 5.41) is 0.150. The molecule has 1 aliphatic carbocycles. The SMILES string of the molecule is Cc1c(Cl)[nH]c(=O)n(C2CCC(C)C2)c1=O. The van der Waals surface area contributed by atoms with Gasteiger partial charge in [0.1, 0.15) is 5.15 Å². The predicted molar refractivity (Wildman–Crippen MR) is 63.1 cm³/mol. The van der Waals surface area contributed by atoms with Gasteiger partial charge in [-0.1, -0.05) is 18.5 Å². The molecule has 0 aliphatic heterocycles. The van der Waals surface area contributed by atoms with Gasteiger partial charge in [0.15, 0.2) is 0 Å². The second-order valence-corrected chi connectivity index (χ2v) is 4.99. The fourth-order valence-electron chi connectivity index (χ4n) is 2.36. The maximum absolute atomic E-state index is 12.0. The molecule has 0 bridgehead atoms. The maximum Gasteiger partial charge on any atom is 0.329 e. The van der Waals surface area contributed by atoms with Gasteiger partial charge in [-0.25, -0.2) is 4.79 Å². The third kappa shape index (κ3) is 1.82. The highest BCUT2D eigenvalue weighted by molar-refractivity contribution is 6.30. The molecule has 1 aliphatic rings. The fourth-order valence-corrected chi connectivity index (χ4v) is 2.52. The molecule has 1 aromatic rings. The van der Waals surface area contributed by atoms with Crippen molar-refractivity contribution in [2.45, 2.75) is 39.2 Å². The Morgan fingerprint density at radius 2 is 2.06 bits per heavy atom. The molecular formula is C11H15ClN2O2. The monoisotopic (exact) mass is 242 g/mol. The number of nitrogens with one attached hydrogen (secondary N) is 1. The minimum Gasteiger partial charge on any atom is -0.297 e. The Labute approximate surface area is 98.3 Å². The first-order chi connectivity index (χ1) is 7.50. The average molecular weight is 243 g/mol. The first kappa shape index (κ1) is 11.5. The molecule has 2 rings (SSSR count). The molecule has 1 aromatic heterocycles. The van der Waals surface area contributed by atoms with Gasteiger partial charge < -0.3 is 0 Å². The van der Waals surface area contributed by atoms with E-state index < -0.39 is 0 Å². The minimum absolute atomic E-state index is 0.0298. The summed E-state index contributed by atoms with van der Waals surface area (Å²) in [5.74, 6) is 0.576. The molecule has 0 spiro atoms. The van der Waals surface area contributed by atoms with E-state index in [-0.39, 0.29) is 22.4 Å². The molecule has 0 amide bonds.